The van der Waals surface area contributed by atoms with Crippen LogP contribution in [-0.2, 0) is 20.1 Å². The van der Waals surface area contributed by atoms with Gasteiger partial charge in [-0.15, -0.1) is 59.2 Å². The van der Waals surface area contributed by atoms with Gasteiger partial charge in [0.25, 0.3) is 0 Å². The van der Waals surface area contributed by atoms with Crippen molar-refractivity contribution in [2.45, 2.75) is 39.5 Å². The first-order valence-electron chi connectivity index (χ1n) is 17.6. The number of nitrogens with zero attached hydrogens (tertiary/aromatic N) is 5. The Kier molecular flexibility index (Phi) is 10.4. The van der Waals surface area contributed by atoms with E-state index in [1.807, 2.05) is 85.1 Å². The molecular formula is C46H37IrN5O-2. The molecule has 4 aromatic heterocycles. The quantitative estimate of drug-likeness (QED) is 0.156. The molecule has 0 amide bonds. The van der Waals surface area contributed by atoms with Gasteiger partial charge in [-0.2, -0.15) is 5.10 Å². The summed E-state index contributed by atoms with van der Waals surface area (Å²) < 4.78 is 8.59. The third-order valence-electron chi connectivity index (χ3n) is 9.33. The van der Waals surface area contributed by atoms with Crippen LogP contribution in [0, 0.1) is 12.1 Å². The fourth-order valence-electron chi connectivity index (χ4n) is 6.80. The molecule has 0 saturated carbocycles. The van der Waals surface area contributed by atoms with Crippen LogP contribution >= 0.6 is 0 Å². The van der Waals surface area contributed by atoms with Crippen LogP contribution in [0.25, 0.3) is 72.6 Å². The Hall–Kier alpha value is -5.75. The third-order valence-corrected chi connectivity index (χ3v) is 9.33. The number of rotatable bonds is 6. The van der Waals surface area contributed by atoms with Crippen molar-refractivity contribution in [3.63, 3.8) is 0 Å². The van der Waals surface area contributed by atoms with Gasteiger partial charge in [0, 0.05) is 37.4 Å². The second-order valence-corrected chi connectivity index (χ2v) is 13.4. The molecule has 9 rings (SSSR count). The van der Waals surface area contributed by atoms with Gasteiger partial charge < -0.3 is 14.0 Å². The van der Waals surface area contributed by atoms with E-state index in [0.29, 0.717) is 17.5 Å². The molecule has 7 heteroatoms. The maximum Gasteiger partial charge on any atom is 0.190 e. The molecule has 4 heterocycles. The summed E-state index contributed by atoms with van der Waals surface area (Å²) in [4.78, 5) is 9.38. The van der Waals surface area contributed by atoms with E-state index in [1.165, 1.54) is 22.3 Å². The second-order valence-electron chi connectivity index (χ2n) is 13.4. The van der Waals surface area contributed by atoms with Crippen molar-refractivity contribution in [1.82, 2.24) is 24.7 Å². The predicted octanol–water partition coefficient (Wildman–Crippen LogP) is 11.6. The topological polar surface area (TPSA) is 69.6 Å². The number of furan rings is 1. The summed E-state index contributed by atoms with van der Waals surface area (Å²) in [6.07, 6.45) is 3.57. The number of hydrogen-bond donors (Lipinski definition) is 0. The van der Waals surface area contributed by atoms with Crippen molar-refractivity contribution < 1.29 is 24.5 Å². The first kappa shape index (κ1) is 35.6. The second kappa shape index (κ2) is 15.5. The summed E-state index contributed by atoms with van der Waals surface area (Å²) >= 11 is 0. The van der Waals surface area contributed by atoms with E-state index >= 15 is 0 Å². The molecule has 0 N–H and O–H groups in total. The van der Waals surface area contributed by atoms with Gasteiger partial charge in [0.05, 0.1) is 23.1 Å². The number of aromatic nitrogens is 5. The fourth-order valence-corrected chi connectivity index (χ4v) is 6.80. The van der Waals surface area contributed by atoms with E-state index in [1.54, 1.807) is 6.20 Å². The van der Waals surface area contributed by atoms with Gasteiger partial charge in [-0.3, -0.25) is 4.98 Å². The first-order chi connectivity index (χ1) is 25.5. The standard InChI is InChI=1S/C29H25N4O.C17H12N.Ir/c1-17(2)19-10-7-11-20(18(3)4)26(19)33-24-15-16-30-32-28(24)31-29(33)23-13-8-12-22-21-9-5-6-14-25(21)34-27(22)23;1-3-7-14(8-4-1)16-11-12-18-17(13-16)15-9-5-2-6-10-15;/h5-12,14-18H,1-4H3;1-9,11-13H;/q2*-1;. The minimum Gasteiger partial charge on any atom is -0.501 e. The maximum absolute atomic E-state index is 6.36. The summed E-state index contributed by atoms with van der Waals surface area (Å²) in [5.74, 6) is 1.43. The molecule has 0 aliphatic carbocycles. The molecule has 0 unspecified atom stereocenters. The molecule has 53 heavy (non-hydrogen) atoms. The zero-order chi connectivity index (χ0) is 35.6. The Morgan fingerprint density at radius 2 is 1.42 bits per heavy atom. The summed E-state index contributed by atoms with van der Waals surface area (Å²) in [5.41, 5.74) is 12.0. The van der Waals surface area contributed by atoms with Crippen LogP contribution in [0.15, 0.2) is 144 Å². The van der Waals surface area contributed by atoms with Crippen molar-refractivity contribution in [3.8, 4) is 39.5 Å². The van der Waals surface area contributed by atoms with Crippen LogP contribution < -0.4 is 0 Å². The van der Waals surface area contributed by atoms with Gasteiger partial charge in [-0.25, -0.2) is 0 Å². The Balaban J connectivity index is 0.000000194. The van der Waals surface area contributed by atoms with Crippen LogP contribution in [0.5, 0.6) is 0 Å². The van der Waals surface area contributed by atoms with Crippen molar-refractivity contribution in [2.24, 2.45) is 0 Å². The van der Waals surface area contributed by atoms with Crippen LogP contribution in [0.2, 0.25) is 0 Å². The summed E-state index contributed by atoms with van der Waals surface area (Å²) in [7, 11) is 0. The van der Waals surface area contributed by atoms with E-state index in [0.717, 1.165) is 55.8 Å². The largest absolute Gasteiger partial charge is 0.501 e. The molecule has 0 bridgehead atoms. The SMILES string of the molecule is CC(C)c1cccc(C(C)C)c1-n1c(-c2[c-]ccc3c2oc2ccccc23)nc2nnccc21.[Ir].[c-]1ccccc1-c1cc(-c2ccccc2)ccn1. The monoisotopic (exact) mass is 868 g/mol. The summed E-state index contributed by atoms with van der Waals surface area (Å²) in [5, 5.41) is 10.6. The van der Waals surface area contributed by atoms with Crippen molar-refractivity contribution in [2.75, 3.05) is 0 Å². The molecule has 0 aliphatic rings. The molecule has 0 spiro atoms. The smallest absolute Gasteiger partial charge is 0.190 e. The number of pyridine rings is 1. The fraction of sp³-hybridized carbons (Fsp3) is 0.130. The van der Waals surface area contributed by atoms with E-state index < -0.39 is 0 Å². The van der Waals surface area contributed by atoms with Gasteiger partial charge in [-0.1, -0.05) is 111 Å². The first-order valence-corrected chi connectivity index (χ1v) is 17.6. The van der Waals surface area contributed by atoms with Crippen molar-refractivity contribution >= 4 is 33.1 Å². The van der Waals surface area contributed by atoms with Crippen LogP contribution in [-0.4, -0.2) is 24.7 Å². The number of fused-ring (bicyclic) bond motifs is 4. The molecule has 263 valence electrons. The van der Waals surface area contributed by atoms with Gasteiger partial charge in [0.15, 0.2) is 5.65 Å². The zero-order valence-electron chi connectivity index (χ0n) is 29.9. The third kappa shape index (κ3) is 6.94. The van der Waals surface area contributed by atoms with Crippen LogP contribution in [0.1, 0.15) is 50.7 Å². The normalized spacial score (nSPS) is 11.2. The molecule has 1 radical (unpaired) electrons. The summed E-state index contributed by atoms with van der Waals surface area (Å²) in [6.45, 7) is 8.92. The van der Waals surface area contributed by atoms with E-state index in [2.05, 4.69) is 108 Å². The van der Waals surface area contributed by atoms with Gasteiger partial charge in [0.2, 0.25) is 0 Å². The van der Waals surface area contributed by atoms with E-state index in [9.17, 15) is 0 Å². The molecule has 0 fully saturated rings. The van der Waals surface area contributed by atoms with Crippen molar-refractivity contribution in [3.05, 3.63) is 163 Å². The Morgan fingerprint density at radius 3 is 2.17 bits per heavy atom. The average molecular weight is 868 g/mol. The Bertz CT molecular complexity index is 2560. The molecule has 0 saturated heterocycles. The Morgan fingerprint density at radius 1 is 0.660 bits per heavy atom. The molecule has 5 aromatic carbocycles. The average Bonchev–Trinajstić information content (AvgIpc) is 3.77. The molecular weight excluding hydrogens is 831 g/mol. The number of imidazole rings is 1. The predicted molar refractivity (Wildman–Crippen MR) is 210 cm³/mol. The Labute approximate surface area is 322 Å². The molecule has 0 atom stereocenters. The van der Waals surface area contributed by atoms with E-state index in [4.69, 9.17) is 9.40 Å². The summed E-state index contributed by atoms with van der Waals surface area (Å²) in [6, 6.07) is 49.7. The molecule has 6 nitrogen and oxygen atoms in total. The van der Waals surface area contributed by atoms with Crippen LogP contribution in [0.3, 0.4) is 0 Å². The number of benzene rings is 5. The van der Waals surface area contributed by atoms with Gasteiger partial charge in [-0.05, 0) is 58.0 Å². The maximum atomic E-state index is 6.36. The molecule has 9 aromatic rings. The van der Waals surface area contributed by atoms with Gasteiger partial charge >= 0.3 is 0 Å². The van der Waals surface area contributed by atoms with Crippen LogP contribution in [0.4, 0.5) is 0 Å². The zero-order valence-corrected chi connectivity index (χ0v) is 32.3. The van der Waals surface area contributed by atoms with Crippen molar-refractivity contribution in [1.29, 1.82) is 0 Å². The minimum atomic E-state index is 0. The van der Waals surface area contributed by atoms with Gasteiger partial charge in [0.1, 0.15) is 5.58 Å². The minimum absolute atomic E-state index is 0. The van der Waals surface area contributed by atoms with E-state index in [-0.39, 0.29) is 20.1 Å². The number of hydrogen-bond acceptors (Lipinski definition) is 5. The number of para-hydroxylation sites is 2. The molecule has 0 aliphatic heterocycles.